The predicted octanol–water partition coefficient (Wildman–Crippen LogP) is 12.4. The Labute approximate surface area is 291 Å². The lowest BCUT2D eigenvalue weighted by Crippen LogP contribution is -2.30. The van der Waals surface area contributed by atoms with Crippen molar-refractivity contribution in [2.75, 3.05) is 13.2 Å². The minimum Gasteiger partial charge on any atom is -0.462 e. The van der Waals surface area contributed by atoms with Crippen LogP contribution in [0, 0.1) is 5.92 Å². The number of hydrogen-bond donors (Lipinski definition) is 0. The van der Waals surface area contributed by atoms with Gasteiger partial charge in [-0.25, -0.2) is 0 Å². The first-order valence-electron chi connectivity index (χ1n) is 20.4. The third-order valence-electron chi connectivity index (χ3n) is 9.04. The van der Waals surface area contributed by atoms with Crippen molar-refractivity contribution in [2.45, 2.75) is 226 Å². The summed E-state index contributed by atoms with van der Waals surface area (Å²) in [4.78, 5) is 37.4. The minimum absolute atomic E-state index is 0.0656. The van der Waals surface area contributed by atoms with E-state index in [-0.39, 0.29) is 31.1 Å². The lowest BCUT2D eigenvalue weighted by molar-refractivity contribution is -0.167. The van der Waals surface area contributed by atoms with Crippen molar-refractivity contribution in [2.24, 2.45) is 5.92 Å². The van der Waals surface area contributed by atoms with Crippen molar-refractivity contribution in [3.8, 4) is 0 Å². The molecule has 0 radical (unpaired) electrons. The summed E-state index contributed by atoms with van der Waals surface area (Å²) in [6.07, 6.45) is 32.4. The average molecular weight is 667 g/mol. The fraction of sp³-hybridized carbons (Fsp3) is 0.927. The van der Waals surface area contributed by atoms with Gasteiger partial charge in [0.05, 0.1) is 0 Å². The average Bonchev–Trinajstić information content (AvgIpc) is 3.05. The molecule has 47 heavy (non-hydrogen) atoms. The highest BCUT2D eigenvalue weighted by Gasteiger charge is 2.19. The Kier molecular flexibility index (Phi) is 34.5. The van der Waals surface area contributed by atoms with Gasteiger partial charge in [-0.1, -0.05) is 182 Å². The second kappa shape index (κ2) is 35.7. The lowest BCUT2D eigenvalue weighted by atomic mass is 10.0. The molecule has 0 bridgehead atoms. The summed E-state index contributed by atoms with van der Waals surface area (Å²) in [6, 6.07) is 0. The highest BCUT2D eigenvalue weighted by molar-refractivity contribution is 5.71. The number of unbranched alkanes of at least 4 members (excludes halogenated alkanes) is 23. The quantitative estimate of drug-likeness (QED) is 0.0376. The van der Waals surface area contributed by atoms with Crippen molar-refractivity contribution in [3.63, 3.8) is 0 Å². The van der Waals surface area contributed by atoms with Crippen molar-refractivity contribution in [1.29, 1.82) is 0 Å². The Morgan fingerprint density at radius 3 is 1.04 bits per heavy atom. The lowest BCUT2D eigenvalue weighted by Gasteiger charge is -2.18. The van der Waals surface area contributed by atoms with Gasteiger partial charge in [0.2, 0.25) is 0 Å². The van der Waals surface area contributed by atoms with Crippen LogP contribution in [-0.4, -0.2) is 37.2 Å². The standard InChI is InChI=1S/C41H78O6/c1-5-7-9-11-13-15-16-18-20-26-30-34-41(44)47-38(35-45-39(42)32-28-24-19-17-14-12-10-8-6-2)36-46-40(43)33-29-25-22-21-23-27-31-37(3)4/h37-38H,5-36H2,1-4H3/t38-/m0/s1. The van der Waals surface area contributed by atoms with Gasteiger partial charge in [-0.3, -0.25) is 14.4 Å². The van der Waals surface area contributed by atoms with Crippen molar-refractivity contribution in [1.82, 2.24) is 0 Å². The fourth-order valence-electron chi connectivity index (χ4n) is 5.92. The summed E-state index contributed by atoms with van der Waals surface area (Å²) >= 11 is 0. The van der Waals surface area contributed by atoms with Crippen LogP contribution in [0.1, 0.15) is 220 Å². The van der Waals surface area contributed by atoms with Crippen molar-refractivity contribution < 1.29 is 28.6 Å². The van der Waals surface area contributed by atoms with Gasteiger partial charge in [0.1, 0.15) is 13.2 Å². The van der Waals surface area contributed by atoms with Crippen LogP contribution < -0.4 is 0 Å². The Balaban J connectivity index is 4.35. The van der Waals surface area contributed by atoms with Crippen LogP contribution in [0.25, 0.3) is 0 Å². The summed E-state index contributed by atoms with van der Waals surface area (Å²) < 4.78 is 16.6. The van der Waals surface area contributed by atoms with Gasteiger partial charge in [0.15, 0.2) is 6.10 Å². The SMILES string of the molecule is CCCCCCCCCCCCCC(=O)O[C@@H](COC(=O)CCCCCCCCCCC)COC(=O)CCCCCCCCC(C)C. The largest absolute Gasteiger partial charge is 0.462 e. The smallest absolute Gasteiger partial charge is 0.306 e. The third-order valence-corrected chi connectivity index (χ3v) is 9.04. The molecule has 0 heterocycles. The third kappa shape index (κ3) is 35.5. The number of hydrogen-bond acceptors (Lipinski definition) is 6. The Morgan fingerprint density at radius 2 is 0.702 bits per heavy atom. The van der Waals surface area contributed by atoms with Crippen LogP contribution >= 0.6 is 0 Å². The Hall–Kier alpha value is -1.59. The zero-order valence-electron chi connectivity index (χ0n) is 31.7. The van der Waals surface area contributed by atoms with Gasteiger partial charge < -0.3 is 14.2 Å². The van der Waals surface area contributed by atoms with E-state index in [9.17, 15) is 14.4 Å². The van der Waals surface area contributed by atoms with E-state index in [2.05, 4.69) is 27.7 Å². The molecule has 278 valence electrons. The topological polar surface area (TPSA) is 78.9 Å². The van der Waals surface area contributed by atoms with E-state index in [1.54, 1.807) is 0 Å². The summed E-state index contributed by atoms with van der Waals surface area (Å²) in [5.41, 5.74) is 0. The van der Waals surface area contributed by atoms with E-state index in [4.69, 9.17) is 14.2 Å². The molecule has 0 spiro atoms. The summed E-state index contributed by atoms with van der Waals surface area (Å²) in [6.45, 7) is 8.88. The molecule has 1 atom stereocenters. The molecule has 0 saturated carbocycles. The van der Waals surface area contributed by atoms with Crippen LogP contribution in [0.2, 0.25) is 0 Å². The normalized spacial score (nSPS) is 11.9. The molecule has 0 fully saturated rings. The van der Waals surface area contributed by atoms with Gasteiger partial charge in [0, 0.05) is 19.3 Å². The van der Waals surface area contributed by atoms with Crippen LogP contribution in [0.15, 0.2) is 0 Å². The summed E-state index contributed by atoms with van der Waals surface area (Å²) in [5, 5.41) is 0. The number of carbonyl (C=O) groups is 3. The van der Waals surface area contributed by atoms with Crippen LogP contribution in [0.5, 0.6) is 0 Å². The second-order valence-electron chi connectivity index (χ2n) is 14.4. The minimum atomic E-state index is -0.757. The summed E-state index contributed by atoms with van der Waals surface area (Å²) in [7, 11) is 0. The van der Waals surface area contributed by atoms with E-state index >= 15 is 0 Å². The molecule has 0 aromatic carbocycles. The number of esters is 3. The molecule has 0 aliphatic rings. The first-order chi connectivity index (χ1) is 22.9. The van der Waals surface area contributed by atoms with Crippen molar-refractivity contribution >= 4 is 17.9 Å². The molecule has 0 N–H and O–H groups in total. The van der Waals surface area contributed by atoms with Gasteiger partial charge in [-0.15, -0.1) is 0 Å². The molecule has 0 unspecified atom stereocenters. The van der Waals surface area contributed by atoms with Crippen LogP contribution in [-0.2, 0) is 28.6 Å². The highest BCUT2D eigenvalue weighted by atomic mass is 16.6. The van der Waals surface area contributed by atoms with Gasteiger partial charge in [-0.2, -0.15) is 0 Å². The number of rotatable bonds is 36. The molecule has 0 saturated heterocycles. The molecule has 0 aliphatic heterocycles. The van der Waals surface area contributed by atoms with Gasteiger partial charge >= 0.3 is 17.9 Å². The van der Waals surface area contributed by atoms with E-state index in [0.717, 1.165) is 63.7 Å². The Bertz CT molecular complexity index is 706. The zero-order valence-corrected chi connectivity index (χ0v) is 31.7. The van der Waals surface area contributed by atoms with Crippen molar-refractivity contribution in [3.05, 3.63) is 0 Å². The molecule has 0 aromatic rings. The van der Waals surface area contributed by atoms with E-state index < -0.39 is 6.10 Å². The first kappa shape index (κ1) is 45.4. The highest BCUT2D eigenvalue weighted by Crippen LogP contribution is 2.15. The zero-order chi connectivity index (χ0) is 34.6. The molecule has 6 nitrogen and oxygen atoms in total. The predicted molar refractivity (Wildman–Crippen MR) is 196 cm³/mol. The van der Waals surface area contributed by atoms with E-state index in [1.165, 1.54) is 116 Å². The second-order valence-corrected chi connectivity index (χ2v) is 14.4. The molecule has 0 aliphatic carbocycles. The van der Waals surface area contributed by atoms with Gasteiger partial charge in [-0.05, 0) is 25.2 Å². The molecular formula is C41H78O6. The maximum Gasteiger partial charge on any atom is 0.306 e. The van der Waals surface area contributed by atoms with Crippen LogP contribution in [0.3, 0.4) is 0 Å². The number of carbonyl (C=O) groups excluding carboxylic acids is 3. The molecule has 0 rings (SSSR count). The number of ether oxygens (including phenoxy) is 3. The first-order valence-corrected chi connectivity index (χ1v) is 20.4. The fourth-order valence-corrected chi connectivity index (χ4v) is 5.92. The van der Waals surface area contributed by atoms with E-state index in [1.807, 2.05) is 0 Å². The Morgan fingerprint density at radius 1 is 0.404 bits per heavy atom. The van der Waals surface area contributed by atoms with Gasteiger partial charge in [0.25, 0.3) is 0 Å². The molecule has 0 amide bonds. The van der Waals surface area contributed by atoms with Crippen LogP contribution in [0.4, 0.5) is 0 Å². The summed E-state index contributed by atoms with van der Waals surface area (Å²) in [5.74, 6) is -0.105. The molecular weight excluding hydrogens is 588 g/mol. The monoisotopic (exact) mass is 667 g/mol. The molecule has 0 aromatic heterocycles. The molecule has 6 heteroatoms. The maximum atomic E-state index is 12.6. The van der Waals surface area contributed by atoms with E-state index in [0.29, 0.717) is 19.3 Å². The maximum absolute atomic E-state index is 12.6.